The molecule has 4 rings (SSSR count). The smallest absolute Gasteiger partial charge is 0.345 e. The third-order valence-corrected chi connectivity index (χ3v) is 5.40. The second-order valence-electron chi connectivity index (χ2n) is 7.36. The van der Waals surface area contributed by atoms with Crippen molar-refractivity contribution in [2.24, 2.45) is 0 Å². The molecule has 2 aliphatic rings. The lowest BCUT2D eigenvalue weighted by molar-refractivity contribution is 0.0896. The monoisotopic (exact) mass is 370 g/mol. The molecule has 2 aromatic heterocycles. The molecule has 0 aromatic carbocycles. The van der Waals surface area contributed by atoms with Crippen molar-refractivity contribution in [2.45, 2.75) is 51.2 Å². The van der Waals surface area contributed by atoms with Gasteiger partial charge >= 0.3 is 5.69 Å². The molecule has 0 spiro atoms. The maximum absolute atomic E-state index is 12.4. The molecule has 8 heteroatoms. The highest BCUT2D eigenvalue weighted by molar-refractivity contribution is 5.92. The Bertz CT molecular complexity index is 844. The number of hydrogen-bond donors (Lipinski definition) is 1. The molecule has 0 aliphatic carbocycles. The Balaban J connectivity index is 1.32. The summed E-state index contributed by atoms with van der Waals surface area (Å²) in [5.41, 5.74) is 0.464. The lowest BCUT2D eigenvalue weighted by Gasteiger charge is -2.32. The number of nitrogens with one attached hydrogen (secondary N) is 1. The van der Waals surface area contributed by atoms with E-state index in [1.807, 2.05) is 10.6 Å². The van der Waals surface area contributed by atoms with Crippen LogP contribution in [0.15, 0.2) is 29.2 Å². The first-order valence-electron chi connectivity index (χ1n) is 9.81. The predicted octanol–water partition coefficient (Wildman–Crippen LogP) is 0.671. The summed E-state index contributed by atoms with van der Waals surface area (Å²) in [5.74, 6) is 0.797. The zero-order valence-electron chi connectivity index (χ0n) is 15.5. The topological polar surface area (TPSA) is 85.0 Å². The molecule has 0 saturated carbocycles. The van der Waals surface area contributed by atoms with Crippen molar-refractivity contribution in [1.82, 2.24) is 29.5 Å². The van der Waals surface area contributed by atoms with E-state index in [0.29, 0.717) is 12.2 Å². The number of carbonyl (C=O) groups is 1. The highest BCUT2D eigenvalue weighted by Crippen LogP contribution is 2.12. The van der Waals surface area contributed by atoms with Crippen LogP contribution in [0.25, 0.3) is 0 Å². The maximum atomic E-state index is 12.4. The fourth-order valence-corrected chi connectivity index (χ4v) is 3.96. The Hall–Kier alpha value is -2.48. The average molecular weight is 370 g/mol. The number of piperidine rings is 1. The number of pyridine rings is 1. The number of rotatable bonds is 5. The van der Waals surface area contributed by atoms with E-state index in [9.17, 15) is 9.59 Å². The van der Waals surface area contributed by atoms with Crippen molar-refractivity contribution in [3.63, 3.8) is 0 Å². The van der Waals surface area contributed by atoms with Crippen LogP contribution >= 0.6 is 0 Å². The molecule has 0 bridgehead atoms. The fourth-order valence-electron chi connectivity index (χ4n) is 3.96. The first-order valence-corrected chi connectivity index (χ1v) is 9.81. The molecule has 144 valence electrons. The van der Waals surface area contributed by atoms with Gasteiger partial charge in [0.1, 0.15) is 11.5 Å². The molecule has 1 N–H and O–H groups in total. The van der Waals surface area contributed by atoms with Crippen LogP contribution in [0.4, 0.5) is 0 Å². The number of aromatic nitrogens is 4. The highest BCUT2D eigenvalue weighted by atomic mass is 16.2. The molecule has 27 heavy (non-hydrogen) atoms. The summed E-state index contributed by atoms with van der Waals surface area (Å²) < 4.78 is 3.42. The quantitative estimate of drug-likeness (QED) is 0.836. The van der Waals surface area contributed by atoms with Crippen LogP contribution in [0.3, 0.4) is 0 Å². The van der Waals surface area contributed by atoms with E-state index in [-0.39, 0.29) is 17.6 Å². The van der Waals surface area contributed by atoms with Gasteiger partial charge in [-0.2, -0.15) is 5.10 Å². The van der Waals surface area contributed by atoms with E-state index < -0.39 is 0 Å². The van der Waals surface area contributed by atoms with Crippen LogP contribution < -0.4 is 11.0 Å². The van der Waals surface area contributed by atoms with E-state index in [2.05, 4.69) is 20.3 Å². The third-order valence-electron chi connectivity index (χ3n) is 5.40. The lowest BCUT2D eigenvalue weighted by atomic mass is 10.1. The van der Waals surface area contributed by atoms with Crippen LogP contribution in [0.1, 0.15) is 42.0 Å². The number of fused-ring (bicyclic) bond motifs is 1. The molecule has 1 atom stereocenters. The van der Waals surface area contributed by atoms with Gasteiger partial charge in [0.05, 0.1) is 6.54 Å². The molecule has 1 saturated heterocycles. The highest BCUT2D eigenvalue weighted by Gasteiger charge is 2.23. The van der Waals surface area contributed by atoms with Crippen molar-refractivity contribution >= 4 is 5.91 Å². The number of amides is 1. The van der Waals surface area contributed by atoms with Crippen LogP contribution in [0.5, 0.6) is 0 Å². The Morgan fingerprint density at radius 2 is 2.11 bits per heavy atom. The van der Waals surface area contributed by atoms with Crippen molar-refractivity contribution < 1.29 is 4.79 Å². The van der Waals surface area contributed by atoms with Crippen molar-refractivity contribution in [3.05, 3.63) is 46.4 Å². The Morgan fingerprint density at radius 3 is 2.93 bits per heavy atom. The third kappa shape index (κ3) is 4.10. The summed E-state index contributed by atoms with van der Waals surface area (Å²) in [5, 5.41) is 7.59. The fraction of sp³-hybridized carbons (Fsp3) is 0.579. The van der Waals surface area contributed by atoms with Gasteiger partial charge in [-0.25, -0.2) is 9.48 Å². The summed E-state index contributed by atoms with van der Waals surface area (Å²) in [6.07, 6.45) is 6.69. The molecule has 1 unspecified atom stereocenters. The minimum atomic E-state index is -0.125. The lowest BCUT2D eigenvalue weighted by Crippen LogP contribution is -2.48. The molecule has 1 fully saturated rings. The zero-order valence-corrected chi connectivity index (χ0v) is 15.5. The van der Waals surface area contributed by atoms with E-state index in [1.165, 1.54) is 0 Å². The van der Waals surface area contributed by atoms with Gasteiger partial charge in [0, 0.05) is 38.3 Å². The van der Waals surface area contributed by atoms with Gasteiger partial charge in [-0.3, -0.25) is 19.2 Å². The molecule has 1 amide bonds. The predicted molar refractivity (Wildman–Crippen MR) is 101 cm³/mol. The van der Waals surface area contributed by atoms with E-state index in [4.69, 9.17) is 0 Å². The summed E-state index contributed by atoms with van der Waals surface area (Å²) in [4.78, 5) is 31.1. The average Bonchev–Trinajstić information content (AvgIpc) is 3.03. The summed E-state index contributed by atoms with van der Waals surface area (Å²) >= 11 is 0. The number of aryl methyl sites for hydroxylation is 1. The van der Waals surface area contributed by atoms with Gasteiger partial charge in [-0.15, -0.1) is 0 Å². The Labute approximate surface area is 158 Å². The van der Waals surface area contributed by atoms with Gasteiger partial charge in [0.2, 0.25) is 0 Å². The molecule has 2 aliphatic heterocycles. The molecule has 0 radical (unpaired) electrons. The molecule has 2 aromatic rings. The van der Waals surface area contributed by atoms with Crippen LogP contribution in [-0.2, 0) is 19.5 Å². The minimum absolute atomic E-state index is 0.0155. The van der Waals surface area contributed by atoms with E-state index in [1.54, 1.807) is 23.0 Å². The minimum Gasteiger partial charge on any atom is -0.347 e. The number of carbonyl (C=O) groups excluding carboxylic acids is 1. The van der Waals surface area contributed by atoms with Crippen molar-refractivity contribution in [1.29, 1.82) is 0 Å². The second-order valence-corrected chi connectivity index (χ2v) is 7.36. The normalized spacial score (nSPS) is 20.2. The van der Waals surface area contributed by atoms with Crippen molar-refractivity contribution in [2.75, 3.05) is 19.6 Å². The molecular formula is C19H26N6O2. The maximum Gasteiger partial charge on any atom is 0.345 e. The number of hydrogen-bond acceptors (Lipinski definition) is 5. The van der Waals surface area contributed by atoms with Crippen LogP contribution in [0.2, 0.25) is 0 Å². The van der Waals surface area contributed by atoms with Gasteiger partial charge in [-0.1, -0.05) is 6.07 Å². The van der Waals surface area contributed by atoms with E-state index >= 15 is 0 Å². The first kappa shape index (κ1) is 17.9. The van der Waals surface area contributed by atoms with Gasteiger partial charge in [0.25, 0.3) is 5.91 Å². The second kappa shape index (κ2) is 8.04. The molecule has 8 nitrogen and oxygen atoms in total. The molecule has 4 heterocycles. The zero-order chi connectivity index (χ0) is 18.6. The molecular weight excluding hydrogens is 344 g/mol. The van der Waals surface area contributed by atoms with Gasteiger partial charge < -0.3 is 5.32 Å². The summed E-state index contributed by atoms with van der Waals surface area (Å²) in [6, 6.07) is 5.45. The van der Waals surface area contributed by atoms with Gasteiger partial charge in [0.15, 0.2) is 0 Å². The number of likely N-dealkylation sites (tertiary alicyclic amines) is 1. The van der Waals surface area contributed by atoms with Gasteiger partial charge in [-0.05, 0) is 44.4 Å². The largest absolute Gasteiger partial charge is 0.347 e. The Kier molecular flexibility index (Phi) is 5.33. The van der Waals surface area contributed by atoms with Crippen LogP contribution in [-0.4, -0.2) is 55.8 Å². The van der Waals surface area contributed by atoms with E-state index in [0.717, 1.165) is 64.1 Å². The standard InChI is InChI=1S/C19H26N6O2/c26-18(16-7-1-3-9-20-16)21-15-6-5-10-23(14-15)12-13-25-19(27)24-11-4-2-8-17(24)22-25/h1,3,7,9,15H,2,4-6,8,10-14H2,(H,21,26). The SMILES string of the molecule is O=C(NC1CCCN(CCn2nc3n(c2=O)CCCC3)C1)c1ccccn1. The summed E-state index contributed by atoms with van der Waals surface area (Å²) in [6.45, 7) is 3.94. The number of nitrogens with zero attached hydrogens (tertiary/aromatic N) is 5. The Morgan fingerprint density at radius 1 is 1.19 bits per heavy atom. The summed E-state index contributed by atoms with van der Waals surface area (Å²) in [7, 11) is 0. The first-order chi connectivity index (χ1) is 13.2. The van der Waals surface area contributed by atoms with Crippen LogP contribution in [0, 0.1) is 0 Å². The van der Waals surface area contributed by atoms with Crippen molar-refractivity contribution in [3.8, 4) is 0 Å².